The Kier molecular flexibility index (Phi) is 2.70. The summed E-state index contributed by atoms with van der Waals surface area (Å²) in [7, 11) is 0. The fourth-order valence-electron chi connectivity index (χ4n) is 1.44. The summed E-state index contributed by atoms with van der Waals surface area (Å²) in [4.78, 5) is 12.7. The van der Waals surface area contributed by atoms with E-state index < -0.39 is 6.03 Å². The average Bonchev–Trinajstić information content (AvgIpc) is 2.34. The highest BCUT2D eigenvalue weighted by Gasteiger charge is 2.21. The van der Waals surface area contributed by atoms with Crippen LogP contribution in [0, 0.1) is 0 Å². The molecule has 11 heavy (non-hydrogen) atoms. The van der Waals surface area contributed by atoms with Gasteiger partial charge in [-0.25, -0.2) is 4.79 Å². The highest BCUT2D eigenvalue weighted by atomic mass is 16.2. The van der Waals surface area contributed by atoms with Gasteiger partial charge < -0.3 is 16.0 Å². The maximum Gasteiger partial charge on any atom is 0.312 e. The second kappa shape index (κ2) is 3.57. The summed E-state index contributed by atoms with van der Waals surface area (Å²) < 4.78 is 0. The molecule has 0 spiro atoms. The maximum absolute atomic E-state index is 10.4. The lowest BCUT2D eigenvalue weighted by Gasteiger charge is -2.12. The summed E-state index contributed by atoms with van der Waals surface area (Å²) in [5, 5.41) is 2.70. The Bertz CT molecular complexity index is 149. The van der Waals surface area contributed by atoms with Crippen LogP contribution in [-0.4, -0.2) is 36.6 Å². The quantitative estimate of drug-likeness (QED) is 0.580. The van der Waals surface area contributed by atoms with Gasteiger partial charge >= 0.3 is 6.03 Å². The van der Waals surface area contributed by atoms with E-state index in [1.54, 1.807) is 0 Å². The minimum atomic E-state index is -0.409. The van der Waals surface area contributed by atoms with Crippen molar-refractivity contribution in [1.82, 2.24) is 10.2 Å². The van der Waals surface area contributed by atoms with Crippen molar-refractivity contribution in [2.75, 3.05) is 19.6 Å². The topological polar surface area (TPSA) is 58.4 Å². The van der Waals surface area contributed by atoms with Gasteiger partial charge in [0.05, 0.1) is 0 Å². The lowest BCUT2D eigenvalue weighted by Crippen LogP contribution is -2.40. The van der Waals surface area contributed by atoms with E-state index >= 15 is 0 Å². The summed E-state index contributed by atoms with van der Waals surface area (Å²) in [5.74, 6) is 0. The third kappa shape index (κ3) is 2.38. The smallest absolute Gasteiger partial charge is 0.312 e. The lowest BCUT2D eigenvalue weighted by molar-refractivity contribution is 0.244. The normalized spacial score (nSPS) is 25.4. The molecule has 1 heterocycles. The molecule has 0 aromatic carbocycles. The number of amides is 2. The monoisotopic (exact) mass is 157 g/mol. The number of rotatable bonds is 2. The van der Waals surface area contributed by atoms with Gasteiger partial charge in [0.1, 0.15) is 0 Å². The van der Waals surface area contributed by atoms with Crippen LogP contribution < -0.4 is 11.1 Å². The van der Waals surface area contributed by atoms with Gasteiger partial charge in [-0.1, -0.05) is 6.92 Å². The molecule has 1 saturated heterocycles. The summed E-state index contributed by atoms with van der Waals surface area (Å²) in [5.41, 5.74) is 4.99. The molecule has 0 aromatic rings. The first-order valence-corrected chi connectivity index (χ1v) is 4.00. The zero-order chi connectivity index (χ0) is 8.27. The summed E-state index contributed by atoms with van der Waals surface area (Å²) >= 11 is 0. The summed E-state index contributed by atoms with van der Waals surface area (Å²) in [6.45, 7) is 5.18. The SMILES string of the molecule is CCN1CCC(NC(N)=O)C1. The van der Waals surface area contributed by atoms with E-state index in [1.807, 2.05) is 0 Å². The lowest BCUT2D eigenvalue weighted by atomic mass is 10.3. The van der Waals surface area contributed by atoms with Crippen molar-refractivity contribution in [3.63, 3.8) is 0 Å². The molecule has 0 radical (unpaired) electrons. The van der Waals surface area contributed by atoms with E-state index in [0.717, 1.165) is 26.1 Å². The molecule has 0 aliphatic carbocycles. The molecule has 64 valence electrons. The van der Waals surface area contributed by atoms with Crippen molar-refractivity contribution in [3.05, 3.63) is 0 Å². The fourth-order valence-corrected chi connectivity index (χ4v) is 1.44. The van der Waals surface area contributed by atoms with Gasteiger partial charge in [0.2, 0.25) is 0 Å². The Labute approximate surface area is 66.7 Å². The first kappa shape index (κ1) is 8.33. The second-order valence-corrected chi connectivity index (χ2v) is 2.89. The Hall–Kier alpha value is -0.770. The van der Waals surface area contributed by atoms with E-state index in [2.05, 4.69) is 17.1 Å². The molecule has 3 N–H and O–H groups in total. The number of hydrogen-bond acceptors (Lipinski definition) is 2. The standard InChI is InChI=1S/C7H15N3O/c1-2-10-4-3-6(5-10)9-7(8)11/h6H,2-5H2,1H3,(H3,8,9,11). The average molecular weight is 157 g/mol. The van der Waals surface area contributed by atoms with Crippen LogP contribution in [0.15, 0.2) is 0 Å². The van der Waals surface area contributed by atoms with Gasteiger partial charge in [-0.05, 0) is 13.0 Å². The van der Waals surface area contributed by atoms with Gasteiger partial charge in [-0.3, -0.25) is 0 Å². The van der Waals surface area contributed by atoms with Crippen molar-refractivity contribution < 1.29 is 4.79 Å². The molecule has 4 nitrogen and oxygen atoms in total. The number of likely N-dealkylation sites (tertiary alicyclic amines) is 1. The molecule has 1 fully saturated rings. The zero-order valence-corrected chi connectivity index (χ0v) is 6.84. The Balaban J connectivity index is 2.24. The Morgan fingerprint density at radius 2 is 2.55 bits per heavy atom. The molecule has 1 atom stereocenters. The zero-order valence-electron chi connectivity index (χ0n) is 6.84. The van der Waals surface area contributed by atoms with Gasteiger partial charge in [-0.15, -0.1) is 0 Å². The first-order chi connectivity index (χ1) is 5.22. The predicted molar refractivity (Wildman–Crippen MR) is 43.2 cm³/mol. The number of carbonyl (C=O) groups excluding carboxylic acids is 1. The molecule has 2 amide bonds. The Morgan fingerprint density at radius 3 is 3.00 bits per heavy atom. The third-order valence-electron chi connectivity index (χ3n) is 2.07. The third-order valence-corrected chi connectivity index (χ3v) is 2.07. The number of likely N-dealkylation sites (N-methyl/N-ethyl adjacent to an activating group) is 1. The van der Waals surface area contributed by atoms with E-state index in [-0.39, 0.29) is 6.04 Å². The molecule has 1 aliphatic heterocycles. The first-order valence-electron chi connectivity index (χ1n) is 4.00. The van der Waals surface area contributed by atoms with Crippen LogP contribution in [0.2, 0.25) is 0 Å². The van der Waals surface area contributed by atoms with Crippen molar-refractivity contribution in [1.29, 1.82) is 0 Å². The molecule has 1 aliphatic rings. The molecule has 1 rings (SSSR count). The van der Waals surface area contributed by atoms with Gasteiger partial charge in [-0.2, -0.15) is 0 Å². The van der Waals surface area contributed by atoms with Crippen LogP contribution in [-0.2, 0) is 0 Å². The van der Waals surface area contributed by atoms with Gasteiger partial charge in [0.15, 0.2) is 0 Å². The van der Waals surface area contributed by atoms with Gasteiger partial charge in [0.25, 0.3) is 0 Å². The molecule has 0 aromatic heterocycles. The molecule has 4 heteroatoms. The van der Waals surface area contributed by atoms with E-state index in [1.165, 1.54) is 0 Å². The largest absolute Gasteiger partial charge is 0.352 e. The van der Waals surface area contributed by atoms with Crippen molar-refractivity contribution in [3.8, 4) is 0 Å². The van der Waals surface area contributed by atoms with Crippen LogP contribution in [0.4, 0.5) is 4.79 Å². The van der Waals surface area contributed by atoms with Crippen molar-refractivity contribution >= 4 is 6.03 Å². The minimum Gasteiger partial charge on any atom is -0.352 e. The van der Waals surface area contributed by atoms with Gasteiger partial charge in [0, 0.05) is 19.1 Å². The number of hydrogen-bond donors (Lipinski definition) is 2. The molecular formula is C7H15N3O. The minimum absolute atomic E-state index is 0.271. The number of nitrogens with two attached hydrogens (primary N) is 1. The van der Waals surface area contributed by atoms with E-state index in [4.69, 9.17) is 5.73 Å². The van der Waals surface area contributed by atoms with Crippen molar-refractivity contribution in [2.45, 2.75) is 19.4 Å². The number of urea groups is 1. The molecule has 0 saturated carbocycles. The van der Waals surface area contributed by atoms with Crippen LogP contribution in [0.25, 0.3) is 0 Å². The fraction of sp³-hybridized carbons (Fsp3) is 0.857. The number of primary amides is 1. The van der Waals surface area contributed by atoms with Crippen LogP contribution >= 0.6 is 0 Å². The van der Waals surface area contributed by atoms with E-state index in [0.29, 0.717) is 0 Å². The molecule has 1 unspecified atom stereocenters. The second-order valence-electron chi connectivity index (χ2n) is 2.89. The van der Waals surface area contributed by atoms with Crippen LogP contribution in [0.1, 0.15) is 13.3 Å². The van der Waals surface area contributed by atoms with E-state index in [9.17, 15) is 4.79 Å². The van der Waals surface area contributed by atoms with Crippen molar-refractivity contribution in [2.24, 2.45) is 5.73 Å². The summed E-state index contributed by atoms with van der Waals surface area (Å²) in [6, 6.07) is -0.139. The number of nitrogens with zero attached hydrogens (tertiary/aromatic N) is 1. The summed E-state index contributed by atoms with van der Waals surface area (Å²) in [6.07, 6.45) is 1.02. The van der Waals surface area contributed by atoms with Crippen LogP contribution in [0.5, 0.6) is 0 Å². The number of nitrogens with one attached hydrogen (secondary N) is 1. The Morgan fingerprint density at radius 1 is 1.82 bits per heavy atom. The highest BCUT2D eigenvalue weighted by molar-refractivity contribution is 5.72. The number of carbonyl (C=O) groups is 1. The highest BCUT2D eigenvalue weighted by Crippen LogP contribution is 2.07. The maximum atomic E-state index is 10.4. The van der Waals surface area contributed by atoms with Crippen LogP contribution in [0.3, 0.4) is 0 Å². The predicted octanol–water partition coefficient (Wildman–Crippen LogP) is -0.251. The molecule has 0 bridgehead atoms. The molecular weight excluding hydrogens is 142 g/mol.